The van der Waals surface area contributed by atoms with Crippen molar-refractivity contribution in [1.82, 2.24) is 9.13 Å². The maximum Gasteiger partial charge on any atom is 0.333 e. The van der Waals surface area contributed by atoms with Gasteiger partial charge in [-0.15, -0.1) is 0 Å². The molecule has 2 heterocycles. The van der Waals surface area contributed by atoms with E-state index in [1.165, 1.54) is 10.8 Å². The number of carbonyl (C=O) groups is 1. The minimum atomic E-state index is -1.91. The summed E-state index contributed by atoms with van der Waals surface area (Å²) in [5.74, 6) is -0.645. The molecule has 9 heteroatoms. The Labute approximate surface area is 201 Å². The largest absolute Gasteiger partial charge is 0.459 e. The second-order valence-corrected chi connectivity index (χ2v) is 15.2. The van der Waals surface area contributed by atoms with E-state index in [1.54, 1.807) is 6.92 Å². The molecular weight excluding hydrogens is 452 g/mol. The molecule has 3 rings (SSSR count). The number of hydrogen-bond donors (Lipinski definition) is 0. The molecule has 2 atom stereocenters. The number of hydrogen-bond acceptors (Lipinski definition) is 6. The molecular formula is C25H36N2O6Si. The van der Waals surface area contributed by atoms with Gasteiger partial charge < -0.3 is 13.9 Å². The Bertz CT molecular complexity index is 1120. The van der Waals surface area contributed by atoms with Crippen LogP contribution in [-0.2, 0) is 31.8 Å². The van der Waals surface area contributed by atoms with Gasteiger partial charge in [-0.25, -0.2) is 9.36 Å². The highest BCUT2D eigenvalue weighted by molar-refractivity contribution is 6.74. The van der Waals surface area contributed by atoms with E-state index < -0.39 is 38.3 Å². The van der Waals surface area contributed by atoms with Gasteiger partial charge in [-0.05, 0) is 43.5 Å². The van der Waals surface area contributed by atoms with E-state index in [0.717, 1.165) is 16.6 Å². The first kappa shape index (κ1) is 26.1. The lowest BCUT2D eigenvalue weighted by Gasteiger charge is -2.36. The third kappa shape index (κ3) is 6.14. The van der Waals surface area contributed by atoms with E-state index in [2.05, 4.69) is 33.9 Å². The van der Waals surface area contributed by atoms with Crippen molar-refractivity contribution >= 4 is 14.3 Å². The lowest BCUT2D eigenvalue weighted by molar-refractivity contribution is -0.145. The Morgan fingerprint density at radius 2 is 1.82 bits per heavy atom. The van der Waals surface area contributed by atoms with Crippen molar-refractivity contribution in [3.8, 4) is 0 Å². The normalized spacial score (nSPS) is 18.8. The lowest BCUT2D eigenvalue weighted by Crippen LogP contribution is -2.44. The summed E-state index contributed by atoms with van der Waals surface area (Å²) >= 11 is 0. The highest BCUT2D eigenvalue weighted by atomic mass is 28.4. The van der Waals surface area contributed by atoms with Crippen molar-refractivity contribution in [1.29, 1.82) is 0 Å². The zero-order valence-corrected chi connectivity index (χ0v) is 22.0. The molecule has 0 bridgehead atoms. The molecule has 186 valence electrons. The van der Waals surface area contributed by atoms with E-state index in [1.807, 2.05) is 30.3 Å². The molecule has 0 unspecified atom stereocenters. The number of rotatable bonds is 8. The minimum absolute atomic E-state index is 0.0794. The predicted octanol–water partition coefficient (Wildman–Crippen LogP) is 3.76. The first-order chi connectivity index (χ1) is 15.9. The summed E-state index contributed by atoms with van der Waals surface area (Å²) in [6.07, 6.45) is 2.26. The van der Waals surface area contributed by atoms with Crippen LogP contribution in [0.1, 0.15) is 51.0 Å². The molecule has 8 nitrogen and oxygen atoms in total. The van der Waals surface area contributed by atoms with Crippen molar-refractivity contribution in [3.63, 3.8) is 0 Å². The highest BCUT2D eigenvalue weighted by Gasteiger charge is 2.38. The van der Waals surface area contributed by atoms with E-state index in [4.69, 9.17) is 13.9 Å². The van der Waals surface area contributed by atoms with Gasteiger partial charge in [0.15, 0.2) is 8.32 Å². The molecule has 0 aliphatic carbocycles. The fourth-order valence-corrected chi connectivity index (χ4v) is 4.58. The minimum Gasteiger partial charge on any atom is -0.459 e. The van der Waals surface area contributed by atoms with Crippen LogP contribution in [-0.4, -0.2) is 36.1 Å². The van der Waals surface area contributed by atoms with E-state index in [0.29, 0.717) is 18.6 Å². The number of benzene rings is 1. The van der Waals surface area contributed by atoms with Crippen molar-refractivity contribution in [2.75, 3.05) is 6.61 Å². The van der Waals surface area contributed by atoms with Crippen LogP contribution in [0.5, 0.6) is 0 Å². The van der Waals surface area contributed by atoms with Gasteiger partial charge in [0.05, 0.1) is 12.7 Å². The fourth-order valence-electron chi connectivity index (χ4n) is 3.55. The Balaban J connectivity index is 1.68. The predicted molar refractivity (Wildman–Crippen MR) is 132 cm³/mol. The van der Waals surface area contributed by atoms with Gasteiger partial charge in [0.2, 0.25) is 0 Å². The zero-order valence-electron chi connectivity index (χ0n) is 21.0. The van der Waals surface area contributed by atoms with Crippen LogP contribution in [0.25, 0.3) is 0 Å². The number of nitrogens with zero attached hydrogens (tertiary/aromatic N) is 2. The molecule has 1 aliphatic rings. The van der Waals surface area contributed by atoms with Crippen molar-refractivity contribution in [2.24, 2.45) is 0 Å². The molecule has 0 N–H and O–H groups in total. The van der Waals surface area contributed by atoms with E-state index >= 15 is 0 Å². The van der Waals surface area contributed by atoms with Gasteiger partial charge in [0.25, 0.3) is 5.56 Å². The van der Waals surface area contributed by atoms with E-state index in [-0.39, 0.29) is 17.7 Å². The summed E-state index contributed by atoms with van der Waals surface area (Å²) in [6, 6.07) is 9.23. The summed E-state index contributed by atoms with van der Waals surface area (Å²) in [5, 5.41) is 0.101. The average molecular weight is 489 g/mol. The third-order valence-corrected chi connectivity index (χ3v) is 11.2. The van der Waals surface area contributed by atoms with Gasteiger partial charge in [-0.3, -0.25) is 14.2 Å². The smallest absolute Gasteiger partial charge is 0.333 e. The SMILES string of the molecule is Cc1cn([C@H]2CC[C@@H](CO[Si](C)(C)C(C)(C)C)O2)c(=O)n(CC(=O)OCc2ccccc2)c1=O. The summed E-state index contributed by atoms with van der Waals surface area (Å²) in [7, 11) is -1.91. The van der Waals surface area contributed by atoms with Crippen LogP contribution in [0.15, 0.2) is 46.1 Å². The van der Waals surface area contributed by atoms with Gasteiger partial charge >= 0.3 is 11.7 Å². The van der Waals surface area contributed by atoms with Gasteiger partial charge in [0, 0.05) is 11.8 Å². The molecule has 1 saturated heterocycles. The Morgan fingerprint density at radius 3 is 2.47 bits per heavy atom. The highest BCUT2D eigenvalue weighted by Crippen LogP contribution is 2.37. The number of aryl methyl sites for hydroxylation is 1. The molecule has 1 aromatic carbocycles. The Morgan fingerprint density at radius 1 is 1.15 bits per heavy atom. The standard InChI is InChI=1S/C25H36N2O6Si/c1-18-14-26(21-13-12-20(33-21)17-32-34(5,6)25(2,3)4)24(30)27(23(18)29)15-22(28)31-16-19-10-8-7-9-11-19/h7-11,14,20-21H,12-13,15-17H2,1-6H3/t20-,21+/m0/s1. The molecule has 0 spiro atoms. The van der Waals surface area contributed by atoms with Crippen LogP contribution in [0.3, 0.4) is 0 Å². The first-order valence-corrected chi connectivity index (χ1v) is 14.6. The fraction of sp³-hybridized carbons (Fsp3) is 0.560. The zero-order chi connectivity index (χ0) is 25.1. The maximum atomic E-state index is 13.1. The van der Waals surface area contributed by atoms with Gasteiger partial charge in [0.1, 0.15) is 19.4 Å². The topological polar surface area (TPSA) is 88.8 Å². The number of esters is 1. The van der Waals surface area contributed by atoms with Crippen molar-refractivity contribution in [2.45, 2.75) is 84.2 Å². The Kier molecular flexibility index (Phi) is 8.00. The molecule has 1 aliphatic heterocycles. The van der Waals surface area contributed by atoms with Gasteiger partial charge in [-0.1, -0.05) is 51.1 Å². The summed E-state index contributed by atoms with van der Waals surface area (Å²) in [5.41, 5.74) is 0.104. The van der Waals surface area contributed by atoms with Crippen molar-refractivity contribution < 1.29 is 18.7 Å². The number of ether oxygens (including phenoxy) is 2. The second-order valence-electron chi connectivity index (χ2n) is 10.4. The monoisotopic (exact) mass is 488 g/mol. The second kappa shape index (κ2) is 10.4. The van der Waals surface area contributed by atoms with Gasteiger partial charge in [-0.2, -0.15) is 0 Å². The van der Waals surface area contributed by atoms with Crippen LogP contribution >= 0.6 is 0 Å². The molecule has 2 aromatic rings. The molecule has 34 heavy (non-hydrogen) atoms. The third-order valence-electron chi connectivity index (χ3n) is 6.73. The molecule has 0 radical (unpaired) electrons. The average Bonchev–Trinajstić information content (AvgIpc) is 3.25. The first-order valence-electron chi connectivity index (χ1n) is 11.7. The summed E-state index contributed by atoms with van der Waals surface area (Å²) in [4.78, 5) is 38.1. The Hall–Kier alpha value is -2.49. The number of carbonyl (C=O) groups excluding carboxylic acids is 1. The summed E-state index contributed by atoms with van der Waals surface area (Å²) < 4.78 is 20.0. The summed E-state index contributed by atoms with van der Waals surface area (Å²) in [6.45, 7) is 12.7. The maximum absolute atomic E-state index is 13.1. The molecule has 1 aromatic heterocycles. The quantitative estimate of drug-likeness (QED) is 0.415. The molecule has 0 saturated carbocycles. The van der Waals surface area contributed by atoms with Crippen LogP contribution in [0.2, 0.25) is 18.1 Å². The van der Waals surface area contributed by atoms with Crippen LogP contribution in [0, 0.1) is 6.92 Å². The van der Waals surface area contributed by atoms with E-state index in [9.17, 15) is 14.4 Å². The molecule has 0 amide bonds. The van der Waals surface area contributed by atoms with Crippen molar-refractivity contribution in [3.05, 3.63) is 68.5 Å². The number of aromatic nitrogens is 2. The molecule has 1 fully saturated rings. The van der Waals surface area contributed by atoms with Crippen LogP contribution in [0.4, 0.5) is 0 Å². The lowest BCUT2D eigenvalue weighted by atomic mass is 10.2. The van der Waals surface area contributed by atoms with Crippen LogP contribution < -0.4 is 11.2 Å².